The van der Waals surface area contributed by atoms with Gasteiger partial charge in [-0.1, -0.05) is 12.8 Å². The molecule has 0 N–H and O–H groups in total. The fourth-order valence-corrected chi connectivity index (χ4v) is 7.55. The zero-order valence-electron chi connectivity index (χ0n) is 8.13. The Bertz CT molecular complexity index is 180. The zero-order valence-corrected chi connectivity index (χ0v) is 9.76. The highest BCUT2D eigenvalue weighted by Crippen LogP contribution is 2.63. The molecule has 1 heterocycles. The van der Waals surface area contributed by atoms with Crippen molar-refractivity contribution in [1.82, 2.24) is 0 Å². The number of hydrogen-bond acceptors (Lipinski definition) is 2. The topological polar surface area (TPSA) is 0 Å². The molecule has 2 atom stereocenters. The molecule has 2 unspecified atom stereocenters. The predicted molar refractivity (Wildman–Crippen MR) is 62.3 cm³/mol. The van der Waals surface area contributed by atoms with Crippen molar-refractivity contribution < 1.29 is 0 Å². The molecule has 1 aliphatic heterocycles. The Labute approximate surface area is 89.6 Å². The van der Waals surface area contributed by atoms with Crippen LogP contribution in [0.3, 0.4) is 0 Å². The average molecular weight is 214 g/mol. The van der Waals surface area contributed by atoms with Crippen LogP contribution in [-0.2, 0) is 0 Å². The van der Waals surface area contributed by atoms with Crippen molar-refractivity contribution in [2.24, 2.45) is 11.8 Å². The molecule has 13 heavy (non-hydrogen) atoms. The van der Waals surface area contributed by atoms with Gasteiger partial charge in [0.1, 0.15) is 0 Å². The second kappa shape index (κ2) is 3.37. The third-order valence-electron chi connectivity index (χ3n) is 4.10. The lowest BCUT2D eigenvalue weighted by Gasteiger charge is -2.33. The predicted octanol–water partition coefficient (Wildman–Crippen LogP) is 3.76. The molecule has 3 fully saturated rings. The van der Waals surface area contributed by atoms with E-state index in [0.717, 1.165) is 15.9 Å². The molecule has 0 amide bonds. The number of rotatable bonds is 0. The van der Waals surface area contributed by atoms with E-state index in [0.29, 0.717) is 0 Å². The summed E-state index contributed by atoms with van der Waals surface area (Å²) in [6.07, 6.45) is 9.20. The Hall–Kier alpha value is 0.700. The minimum absolute atomic E-state index is 0.719. The van der Waals surface area contributed by atoms with Crippen molar-refractivity contribution in [3.05, 3.63) is 0 Å². The first-order valence-corrected chi connectivity index (χ1v) is 7.67. The van der Waals surface area contributed by atoms with Crippen LogP contribution in [0.15, 0.2) is 0 Å². The van der Waals surface area contributed by atoms with E-state index in [9.17, 15) is 0 Å². The van der Waals surface area contributed by atoms with Gasteiger partial charge in [-0.25, -0.2) is 0 Å². The van der Waals surface area contributed by atoms with E-state index in [1.807, 2.05) is 0 Å². The van der Waals surface area contributed by atoms with Gasteiger partial charge in [-0.2, -0.15) is 0 Å². The van der Waals surface area contributed by atoms with Crippen molar-refractivity contribution >= 4 is 23.5 Å². The van der Waals surface area contributed by atoms with Crippen molar-refractivity contribution in [1.29, 1.82) is 0 Å². The molecule has 74 valence electrons. The fourth-order valence-electron chi connectivity index (χ4n) is 3.53. The van der Waals surface area contributed by atoms with E-state index in [4.69, 9.17) is 0 Å². The van der Waals surface area contributed by atoms with Crippen LogP contribution >= 0.6 is 23.5 Å². The van der Waals surface area contributed by atoms with Gasteiger partial charge in [-0.3, -0.25) is 0 Å². The summed E-state index contributed by atoms with van der Waals surface area (Å²) in [6.45, 7) is 0. The highest BCUT2D eigenvalue weighted by Gasteiger charge is 2.53. The van der Waals surface area contributed by atoms with Gasteiger partial charge in [0.15, 0.2) is 0 Å². The Kier molecular flexibility index (Phi) is 2.33. The third kappa shape index (κ3) is 1.28. The van der Waals surface area contributed by atoms with E-state index in [1.54, 1.807) is 12.8 Å². The molecule has 3 aliphatic rings. The van der Waals surface area contributed by atoms with Crippen LogP contribution in [0.2, 0.25) is 0 Å². The summed E-state index contributed by atoms with van der Waals surface area (Å²) in [6, 6.07) is 0. The molecule has 2 aliphatic carbocycles. The first-order chi connectivity index (χ1) is 6.42. The van der Waals surface area contributed by atoms with Gasteiger partial charge in [0.25, 0.3) is 0 Å². The minimum atomic E-state index is 0.719. The van der Waals surface area contributed by atoms with E-state index in [-0.39, 0.29) is 0 Å². The van der Waals surface area contributed by atoms with E-state index in [1.165, 1.54) is 37.2 Å². The summed E-state index contributed by atoms with van der Waals surface area (Å²) in [5.41, 5.74) is 0. The van der Waals surface area contributed by atoms with Crippen LogP contribution in [0.25, 0.3) is 0 Å². The molecular formula is C11H18S2. The van der Waals surface area contributed by atoms with Gasteiger partial charge in [-0.05, 0) is 37.5 Å². The van der Waals surface area contributed by atoms with Gasteiger partial charge in [0.2, 0.25) is 0 Å². The molecular weight excluding hydrogens is 196 g/mol. The Morgan fingerprint density at radius 2 is 1.31 bits per heavy atom. The standard InChI is InChI=1S/C11H18S2/c1-2-4-10-6-5-9(3-1)11(10)12-7-8-13-11/h9-10H,1-8H2. The van der Waals surface area contributed by atoms with Crippen LogP contribution < -0.4 is 0 Å². The minimum Gasteiger partial charge on any atom is -0.143 e. The molecule has 2 bridgehead atoms. The van der Waals surface area contributed by atoms with Crippen LogP contribution in [0.4, 0.5) is 0 Å². The monoisotopic (exact) mass is 214 g/mol. The maximum absolute atomic E-state index is 2.32. The second-order valence-electron chi connectivity index (χ2n) is 4.67. The maximum Gasteiger partial charge on any atom is 0.0667 e. The van der Waals surface area contributed by atoms with E-state index in [2.05, 4.69) is 23.5 Å². The van der Waals surface area contributed by atoms with E-state index >= 15 is 0 Å². The quantitative estimate of drug-likeness (QED) is 0.602. The Morgan fingerprint density at radius 1 is 0.769 bits per heavy atom. The van der Waals surface area contributed by atoms with Gasteiger partial charge < -0.3 is 0 Å². The molecule has 1 saturated heterocycles. The lowest BCUT2D eigenvalue weighted by Crippen LogP contribution is -2.28. The molecule has 0 radical (unpaired) electrons. The van der Waals surface area contributed by atoms with Crippen LogP contribution in [0.1, 0.15) is 38.5 Å². The fraction of sp³-hybridized carbons (Fsp3) is 1.00. The van der Waals surface area contributed by atoms with Crippen molar-refractivity contribution in [3.63, 3.8) is 0 Å². The molecule has 1 spiro atoms. The normalized spacial score (nSPS) is 42.5. The van der Waals surface area contributed by atoms with Crippen LogP contribution in [0, 0.1) is 11.8 Å². The lowest BCUT2D eigenvalue weighted by atomic mass is 10.0. The summed E-state index contributed by atoms with van der Waals surface area (Å²) < 4.78 is 0.719. The maximum atomic E-state index is 2.32. The highest BCUT2D eigenvalue weighted by atomic mass is 32.2. The summed E-state index contributed by atoms with van der Waals surface area (Å²) in [7, 11) is 0. The average Bonchev–Trinajstić information content (AvgIpc) is 2.61. The molecule has 0 nitrogen and oxygen atoms in total. The van der Waals surface area contributed by atoms with Crippen molar-refractivity contribution in [2.75, 3.05) is 11.5 Å². The summed E-state index contributed by atoms with van der Waals surface area (Å²) in [4.78, 5) is 0. The van der Waals surface area contributed by atoms with E-state index < -0.39 is 0 Å². The smallest absolute Gasteiger partial charge is 0.0667 e. The van der Waals surface area contributed by atoms with Crippen molar-refractivity contribution in [3.8, 4) is 0 Å². The SMILES string of the molecule is C1CCC2CCC(C1)C21SCCS1. The third-order valence-corrected chi connectivity index (χ3v) is 8.11. The molecule has 0 aromatic carbocycles. The highest BCUT2D eigenvalue weighted by molar-refractivity contribution is 8.21. The molecule has 2 heteroatoms. The van der Waals surface area contributed by atoms with Crippen molar-refractivity contribution in [2.45, 2.75) is 42.6 Å². The first-order valence-electron chi connectivity index (χ1n) is 5.70. The van der Waals surface area contributed by atoms with Crippen LogP contribution in [-0.4, -0.2) is 15.6 Å². The molecule has 0 aromatic rings. The van der Waals surface area contributed by atoms with Gasteiger partial charge in [-0.15, -0.1) is 23.5 Å². The van der Waals surface area contributed by atoms with Gasteiger partial charge in [0, 0.05) is 11.5 Å². The molecule has 0 aromatic heterocycles. The van der Waals surface area contributed by atoms with Gasteiger partial charge >= 0.3 is 0 Å². The largest absolute Gasteiger partial charge is 0.143 e. The van der Waals surface area contributed by atoms with Crippen LogP contribution in [0.5, 0.6) is 0 Å². The Balaban J connectivity index is 1.91. The Morgan fingerprint density at radius 3 is 1.85 bits per heavy atom. The second-order valence-corrected chi connectivity index (χ2v) is 7.68. The van der Waals surface area contributed by atoms with Gasteiger partial charge in [0.05, 0.1) is 4.08 Å². The molecule has 3 rings (SSSR count). The summed E-state index contributed by atoms with van der Waals surface area (Å²) in [5, 5.41) is 0. The first kappa shape index (κ1) is 8.96. The summed E-state index contributed by atoms with van der Waals surface area (Å²) >= 11 is 4.64. The summed E-state index contributed by atoms with van der Waals surface area (Å²) in [5.74, 6) is 5.02. The lowest BCUT2D eigenvalue weighted by molar-refractivity contribution is 0.486. The molecule has 2 saturated carbocycles. The zero-order chi connectivity index (χ0) is 8.73. The number of hydrogen-bond donors (Lipinski definition) is 0. The number of thioether (sulfide) groups is 2.